The highest BCUT2D eigenvalue weighted by atomic mass is 16.5. The molecule has 13 heavy (non-hydrogen) atoms. The fraction of sp³-hybridized carbons (Fsp3) is 0.889. The van der Waals surface area contributed by atoms with Crippen LogP contribution < -0.4 is 0 Å². The molecule has 0 saturated carbocycles. The van der Waals surface area contributed by atoms with Crippen molar-refractivity contribution >= 4 is 5.84 Å². The summed E-state index contributed by atoms with van der Waals surface area (Å²) in [7, 11) is 4.03. The minimum Gasteiger partial charge on any atom is -0.374 e. The molecule has 1 aliphatic rings. The van der Waals surface area contributed by atoms with E-state index >= 15 is 0 Å². The lowest BCUT2D eigenvalue weighted by molar-refractivity contribution is -0.0260. The van der Waals surface area contributed by atoms with Gasteiger partial charge in [-0.1, -0.05) is 0 Å². The van der Waals surface area contributed by atoms with E-state index in [1.54, 1.807) is 6.92 Å². The van der Waals surface area contributed by atoms with E-state index in [9.17, 15) is 0 Å². The van der Waals surface area contributed by atoms with Gasteiger partial charge in [-0.05, 0) is 14.0 Å². The normalized spacial score (nSPS) is 24.4. The Morgan fingerprint density at radius 2 is 2.38 bits per heavy atom. The van der Waals surface area contributed by atoms with E-state index in [-0.39, 0.29) is 6.10 Å². The summed E-state index contributed by atoms with van der Waals surface area (Å²) in [5.74, 6) is 0.594. The Morgan fingerprint density at radius 3 is 2.92 bits per heavy atom. The predicted octanol–water partition coefficient (Wildman–Crippen LogP) is 0.246. The van der Waals surface area contributed by atoms with Gasteiger partial charge in [-0.15, -0.1) is 0 Å². The maximum atomic E-state index is 7.43. The first-order chi connectivity index (χ1) is 6.09. The van der Waals surface area contributed by atoms with Crippen molar-refractivity contribution in [2.75, 3.05) is 40.3 Å². The summed E-state index contributed by atoms with van der Waals surface area (Å²) in [5, 5.41) is 7.43. The summed E-state index contributed by atoms with van der Waals surface area (Å²) in [6, 6.07) is 0. The highest BCUT2D eigenvalue weighted by molar-refractivity contribution is 5.75. The van der Waals surface area contributed by atoms with Crippen LogP contribution in [0.2, 0.25) is 0 Å². The number of ether oxygens (including phenoxy) is 1. The molecule has 0 amide bonds. The maximum absolute atomic E-state index is 7.43. The average molecular weight is 185 g/mol. The fourth-order valence-corrected chi connectivity index (χ4v) is 1.42. The second kappa shape index (κ2) is 4.58. The van der Waals surface area contributed by atoms with Gasteiger partial charge >= 0.3 is 0 Å². The van der Waals surface area contributed by atoms with Crippen LogP contribution in [0.25, 0.3) is 0 Å². The summed E-state index contributed by atoms with van der Waals surface area (Å²) in [4.78, 5) is 4.19. The lowest BCUT2D eigenvalue weighted by Gasteiger charge is -2.32. The number of likely N-dealkylation sites (N-methyl/N-ethyl adjacent to an activating group) is 2. The molecule has 0 aromatic carbocycles. The number of nitrogens with zero attached hydrogens (tertiary/aromatic N) is 2. The van der Waals surface area contributed by atoms with Crippen LogP contribution in [0, 0.1) is 5.41 Å². The van der Waals surface area contributed by atoms with E-state index < -0.39 is 0 Å². The molecule has 0 radical (unpaired) electrons. The highest BCUT2D eigenvalue weighted by Crippen LogP contribution is 2.04. The van der Waals surface area contributed by atoms with E-state index in [0.29, 0.717) is 5.84 Å². The quantitative estimate of drug-likeness (QED) is 0.495. The van der Waals surface area contributed by atoms with Crippen LogP contribution in [0.4, 0.5) is 0 Å². The molecule has 0 aromatic heterocycles. The van der Waals surface area contributed by atoms with E-state index in [1.165, 1.54) is 0 Å². The summed E-state index contributed by atoms with van der Waals surface area (Å²) in [6.07, 6.45) is 0.254. The second-order valence-corrected chi connectivity index (χ2v) is 3.72. The van der Waals surface area contributed by atoms with Gasteiger partial charge in [0.15, 0.2) is 0 Å². The van der Waals surface area contributed by atoms with Crippen molar-refractivity contribution in [2.24, 2.45) is 0 Å². The van der Waals surface area contributed by atoms with Crippen LogP contribution in [0.15, 0.2) is 0 Å². The number of morpholine rings is 1. The Labute approximate surface area is 80.0 Å². The van der Waals surface area contributed by atoms with Crippen molar-refractivity contribution in [3.8, 4) is 0 Å². The third-order valence-electron chi connectivity index (χ3n) is 2.39. The van der Waals surface area contributed by atoms with Crippen LogP contribution >= 0.6 is 0 Å². The third kappa shape index (κ3) is 3.32. The minimum atomic E-state index is 0.254. The number of rotatable bonds is 2. The molecular weight excluding hydrogens is 166 g/mol. The Hall–Kier alpha value is -0.610. The summed E-state index contributed by atoms with van der Waals surface area (Å²) in [6.45, 7) is 5.42. The van der Waals surface area contributed by atoms with Gasteiger partial charge in [-0.2, -0.15) is 0 Å². The SMILES string of the molecule is CC(=N)N(C)CC1CN(C)CCO1. The first-order valence-corrected chi connectivity index (χ1v) is 4.66. The van der Waals surface area contributed by atoms with Crippen molar-refractivity contribution in [2.45, 2.75) is 13.0 Å². The van der Waals surface area contributed by atoms with Crippen molar-refractivity contribution in [3.05, 3.63) is 0 Å². The Bertz CT molecular complexity index is 184. The van der Waals surface area contributed by atoms with Gasteiger partial charge in [0, 0.05) is 26.7 Å². The van der Waals surface area contributed by atoms with Crippen molar-refractivity contribution in [1.82, 2.24) is 9.80 Å². The van der Waals surface area contributed by atoms with Crippen LogP contribution in [0.1, 0.15) is 6.92 Å². The van der Waals surface area contributed by atoms with Gasteiger partial charge in [0.25, 0.3) is 0 Å². The zero-order chi connectivity index (χ0) is 9.84. The van der Waals surface area contributed by atoms with E-state index in [2.05, 4.69) is 11.9 Å². The lowest BCUT2D eigenvalue weighted by atomic mass is 10.2. The summed E-state index contributed by atoms with van der Waals surface area (Å²) >= 11 is 0. The first kappa shape index (κ1) is 10.5. The number of hydrogen-bond donors (Lipinski definition) is 1. The molecule has 1 saturated heterocycles. The molecule has 4 heteroatoms. The third-order valence-corrected chi connectivity index (χ3v) is 2.39. The molecule has 0 spiro atoms. The monoisotopic (exact) mass is 185 g/mol. The second-order valence-electron chi connectivity index (χ2n) is 3.72. The van der Waals surface area contributed by atoms with Crippen LogP contribution in [0.3, 0.4) is 0 Å². The molecule has 1 fully saturated rings. The van der Waals surface area contributed by atoms with Gasteiger partial charge in [0.2, 0.25) is 0 Å². The predicted molar refractivity (Wildman–Crippen MR) is 53.3 cm³/mol. The van der Waals surface area contributed by atoms with Crippen molar-refractivity contribution in [3.63, 3.8) is 0 Å². The largest absolute Gasteiger partial charge is 0.374 e. The average Bonchev–Trinajstić information content (AvgIpc) is 2.04. The smallest absolute Gasteiger partial charge is 0.0924 e. The number of nitrogens with one attached hydrogen (secondary N) is 1. The molecule has 0 bridgehead atoms. The van der Waals surface area contributed by atoms with E-state index in [1.807, 2.05) is 11.9 Å². The van der Waals surface area contributed by atoms with E-state index in [4.69, 9.17) is 10.1 Å². The van der Waals surface area contributed by atoms with Gasteiger partial charge in [0.05, 0.1) is 18.5 Å². The molecule has 4 nitrogen and oxygen atoms in total. The summed E-state index contributed by atoms with van der Waals surface area (Å²) < 4.78 is 5.59. The topological polar surface area (TPSA) is 39.6 Å². The zero-order valence-corrected chi connectivity index (χ0v) is 8.71. The minimum absolute atomic E-state index is 0.254. The van der Waals surface area contributed by atoms with Gasteiger partial charge < -0.3 is 14.5 Å². The fourth-order valence-electron chi connectivity index (χ4n) is 1.42. The maximum Gasteiger partial charge on any atom is 0.0924 e. The first-order valence-electron chi connectivity index (χ1n) is 4.66. The molecule has 1 aliphatic heterocycles. The van der Waals surface area contributed by atoms with E-state index in [0.717, 1.165) is 26.2 Å². The Kier molecular flexibility index (Phi) is 3.69. The number of hydrogen-bond acceptors (Lipinski definition) is 3. The van der Waals surface area contributed by atoms with Crippen LogP contribution in [0.5, 0.6) is 0 Å². The molecule has 1 rings (SSSR count). The number of amidine groups is 1. The van der Waals surface area contributed by atoms with Gasteiger partial charge in [0.1, 0.15) is 0 Å². The zero-order valence-electron chi connectivity index (χ0n) is 8.71. The van der Waals surface area contributed by atoms with Crippen molar-refractivity contribution in [1.29, 1.82) is 5.41 Å². The Balaban J connectivity index is 2.31. The Morgan fingerprint density at radius 1 is 1.69 bits per heavy atom. The molecule has 1 heterocycles. The molecule has 0 aromatic rings. The molecule has 1 atom stereocenters. The van der Waals surface area contributed by atoms with Gasteiger partial charge in [-0.3, -0.25) is 5.41 Å². The van der Waals surface area contributed by atoms with Gasteiger partial charge in [-0.25, -0.2) is 0 Å². The molecular formula is C9H19N3O. The van der Waals surface area contributed by atoms with Crippen molar-refractivity contribution < 1.29 is 4.74 Å². The molecule has 0 aliphatic carbocycles. The molecule has 1 unspecified atom stereocenters. The molecule has 1 N–H and O–H groups in total. The lowest BCUT2D eigenvalue weighted by Crippen LogP contribution is -2.45. The van der Waals surface area contributed by atoms with Crippen LogP contribution in [-0.2, 0) is 4.74 Å². The summed E-state index contributed by atoms with van der Waals surface area (Å²) in [5.41, 5.74) is 0. The standard InChI is InChI=1S/C9H19N3O/c1-8(10)12(3)7-9-6-11(2)4-5-13-9/h9-10H,4-7H2,1-3H3. The highest BCUT2D eigenvalue weighted by Gasteiger charge is 2.19. The molecule has 76 valence electrons. The van der Waals surface area contributed by atoms with Crippen LogP contribution in [-0.4, -0.2) is 62.1 Å².